The zero-order valence-corrected chi connectivity index (χ0v) is 21.9. The van der Waals surface area contributed by atoms with Gasteiger partial charge >= 0.3 is 17.9 Å². The minimum Gasteiger partial charge on any atom is -0.478 e. The number of carbonyl (C=O) groups is 4. The Balaban J connectivity index is 1.61. The van der Waals surface area contributed by atoms with E-state index in [9.17, 15) is 34.5 Å². The van der Waals surface area contributed by atoms with E-state index in [2.05, 4.69) is 4.98 Å². The lowest BCUT2D eigenvalue weighted by Gasteiger charge is -2.36. The van der Waals surface area contributed by atoms with Crippen LogP contribution >= 0.6 is 0 Å². The molecule has 9 nitrogen and oxygen atoms in total. The average Bonchev–Trinajstić information content (AvgIpc) is 2.99. The molecule has 5 rings (SSSR count). The van der Waals surface area contributed by atoms with Crippen LogP contribution in [-0.2, 0) is 13.0 Å². The van der Waals surface area contributed by atoms with Gasteiger partial charge in [0.2, 0.25) is 0 Å². The largest absolute Gasteiger partial charge is 0.478 e. The highest BCUT2D eigenvalue weighted by atomic mass is 16.4. The predicted octanol–water partition coefficient (Wildman–Crippen LogP) is 5.56. The van der Waals surface area contributed by atoms with Crippen LogP contribution in [-0.4, -0.2) is 49.0 Å². The number of rotatable bonds is 8. The molecule has 1 aliphatic rings. The van der Waals surface area contributed by atoms with Crippen molar-refractivity contribution in [2.24, 2.45) is 0 Å². The number of benzene rings is 3. The molecule has 1 atom stereocenters. The summed E-state index contributed by atoms with van der Waals surface area (Å²) in [6.45, 7) is 0.118. The molecule has 1 aromatic heterocycles. The van der Waals surface area contributed by atoms with Gasteiger partial charge in [-0.25, -0.2) is 14.4 Å². The first-order valence-corrected chi connectivity index (χ1v) is 13.0. The zero-order valence-electron chi connectivity index (χ0n) is 21.9. The van der Waals surface area contributed by atoms with Crippen molar-refractivity contribution in [2.45, 2.75) is 31.8 Å². The maximum Gasteiger partial charge on any atom is 0.336 e. The molecule has 0 aliphatic heterocycles. The molecule has 0 bridgehead atoms. The number of carbonyl (C=O) groups excluding carboxylic acids is 1. The lowest BCUT2D eigenvalue weighted by molar-refractivity contribution is 0.0611. The molecule has 0 saturated heterocycles. The van der Waals surface area contributed by atoms with Crippen molar-refractivity contribution in [1.29, 1.82) is 0 Å². The molecular formula is C32H26N2O7. The topological polar surface area (TPSA) is 145 Å². The minimum absolute atomic E-state index is 0.118. The van der Waals surface area contributed by atoms with Crippen molar-refractivity contribution in [3.63, 3.8) is 0 Å². The molecule has 1 amide bonds. The van der Waals surface area contributed by atoms with Crippen LogP contribution in [0.1, 0.15) is 77.0 Å². The summed E-state index contributed by atoms with van der Waals surface area (Å²) in [7, 11) is 0. The molecule has 0 fully saturated rings. The van der Waals surface area contributed by atoms with E-state index in [1.165, 1.54) is 0 Å². The summed E-state index contributed by atoms with van der Waals surface area (Å²) >= 11 is 0. The number of carboxylic acids is 3. The van der Waals surface area contributed by atoms with Crippen LogP contribution in [0.15, 0.2) is 85.2 Å². The number of carboxylic acid groups (broad SMARTS) is 3. The summed E-state index contributed by atoms with van der Waals surface area (Å²) in [5.74, 6) is -5.40. The van der Waals surface area contributed by atoms with Gasteiger partial charge in [0.25, 0.3) is 5.91 Å². The number of hydrogen-bond acceptors (Lipinski definition) is 5. The lowest BCUT2D eigenvalue weighted by atomic mass is 9.86. The van der Waals surface area contributed by atoms with Gasteiger partial charge in [0.15, 0.2) is 0 Å². The Bertz CT molecular complexity index is 1650. The molecule has 0 unspecified atom stereocenters. The van der Waals surface area contributed by atoms with Gasteiger partial charge in [0.1, 0.15) is 0 Å². The van der Waals surface area contributed by atoms with E-state index in [4.69, 9.17) is 0 Å². The Morgan fingerprint density at radius 3 is 2.02 bits per heavy atom. The average molecular weight is 551 g/mol. The number of aryl methyl sites for hydroxylation is 1. The van der Waals surface area contributed by atoms with Gasteiger partial charge in [0.05, 0.1) is 28.3 Å². The van der Waals surface area contributed by atoms with Crippen LogP contribution in [0.5, 0.6) is 0 Å². The minimum atomic E-state index is -1.60. The third kappa shape index (κ3) is 5.56. The Hall–Kier alpha value is -5.31. The van der Waals surface area contributed by atoms with E-state index in [0.29, 0.717) is 6.42 Å². The fraction of sp³-hybridized carbons (Fsp3) is 0.156. The third-order valence-corrected chi connectivity index (χ3v) is 7.36. The molecular weight excluding hydrogens is 524 g/mol. The third-order valence-electron chi connectivity index (χ3n) is 7.36. The van der Waals surface area contributed by atoms with Crippen molar-refractivity contribution in [1.82, 2.24) is 9.88 Å². The molecule has 0 saturated carbocycles. The van der Waals surface area contributed by atoms with Gasteiger partial charge in [0, 0.05) is 18.9 Å². The van der Waals surface area contributed by atoms with Gasteiger partial charge < -0.3 is 20.2 Å². The zero-order chi connectivity index (χ0) is 29.1. The summed E-state index contributed by atoms with van der Waals surface area (Å²) in [6, 6.07) is 20.3. The highest BCUT2D eigenvalue weighted by Gasteiger charge is 2.33. The molecule has 1 heterocycles. The molecule has 9 heteroatoms. The predicted molar refractivity (Wildman–Crippen MR) is 149 cm³/mol. The first kappa shape index (κ1) is 27.3. The smallest absolute Gasteiger partial charge is 0.336 e. The van der Waals surface area contributed by atoms with Crippen LogP contribution in [0.3, 0.4) is 0 Å². The first-order chi connectivity index (χ1) is 19.7. The maximum absolute atomic E-state index is 14.2. The molecule has 4 aromatic rings. The molecule has 206 valence electrons. The second-order valence-electron chi connectivity index (χ2n) is 9.84. The van der Waals surface area contributed by atoms with Crippen molar-refractivity contribution < 1.29 is 34.5 Å². The van der Waals surface area contributed by atoms with Crippen molar-refractivity contribution >= 4 is 23.8 Å². The molecule has 41 heavy (non-hydrogen) atoms. The second-order valence-corrected chi connectivity index (χ2v) is 9.84. The second kappa shape index (κ2) is 11.4. The quantitative estimate of drug-likeness (QED) is 0.258. The SMILES string of the molecule is O=C(O)c1cc(C(=O)O)c(C(=O)N(Cc2ccc(-c3cccnc3)cc2)[C@H]2CCCc3ccccc32)cc1C(=O)O. The van der Waals surface area contributed by atoms with Crippen molar-refractivity contribution in [3.05, 3.63) is 124 Å². The van der Waals surface area contributed by atoms with Crippen LogP contribution < -0.4 is 0 Å². The monoisotopic (exact) mass is 550 g/mol. The Morgan fingerprint density at radius 2 is 1.39 bits per heavy atom. The Morgan fingerprint density at radius 1 is 0.756 bits per heavy atom. The molecule has 0 spiro atoms. The highest BCUT2D eigenvalue weighted by molar-refractivity contribution is 6.10. The molecule has 0 radical (unpaired) electrons. The lowest BCUT2D eigenvalue weighted by Crippen LogP contribution is -2.37. The van der Waals surface area contributed by atoms with Crippen molar-refractivity contribution in [3.8, 4) is 11.1 Å². The number of amides is 1. The van der Waals surface area contributed by atoms with E-state index in [1.54, 1.807) is 17.3 Å². The standard InChI is InChI=1S/C32H26N2O7/c35-29(24-15-26(31(38)39)27(32(40)41)16-25(24)30(36)37)34(28-9-3-6-21-5-1-2-8-23(21)28)18-19-10-12-20(13-11-19)22-7-4-14-33-17-22/h1-2,4-5,7-8,10-17,28H,3,6,9,18H2,(H,36,37)(H,38,39)(H,40,41)/t28-/m0/s1. The van der Waals surface area contributed by atoms with Crippen LogP contribution in [0.4, 0.5) is 0 Å². The van der Waals surface area contributed by atoms with Gasteiger partial charge in [-0.05, 0) is 65.3 Å². The van der Waals surface area contributed by atoms with Crippen LogP contribution in [0, 0.1) is 0 Å². The number of aromatic nitrogens is 1. The van der Waals surface area contributed by atoms with E-state index < -0.39 is 46.5 Å². The number of aromatic carboxylic acids is 3. The summed E-state index contributed by atoms with van der Waals surface area (Å²) in [5, 5.41) is 29.1. The van der Waals surface area contributed by atoms with Crippen molar-refractivity contribution in [2.75, 3.05) is 0 Å². The maximum atomic E-state index is 14.2. The van der Waals surface area contributed by atoms with Crippen LogP contribution in [0.25, 0.3) is 11.1 Å². The van der Waals surface area contributed by atoms with E-state index >= 15 is 0 Å². The summed E-state index contributed by atoms with van der Waals surface area (Å²) in [5.41, 5.74) is 2.36. The first-order valence-electron chi connectivity index (χ1n) is 13.0. The Labute approximate surface area is 235 Å². The summed E-state index contributed by atoms with van der Waals surface area (Å²) in [6.07, 6.45) is 5.70. The number of nitrogens with zero attached hydrogens (tertiary/aromatic N) is 2. The van der Waals surface area contributed by atoms with E-state index in [-0.39, 0.29) is 12.1 Å². The van der Waals surface area contributed by atoms with Gasteiger partial charge in [-0.15, -0.1) is 0 Å². The fourth-order valence-corrected chi connectivity index (χ4v) is 5.37. The van der Waals surface area contributed by atoms with E-state index in [1.807, 2.05) is 60.7 Å². The van der Waals surface area contributed by atoms with Crippen LogP contribution in [0.2, 0.25) is 0 Å². The van der Waals surface area contributed by atoms with E-state index in [0.717, 1.165) is 52.8 Å². The summed E-state index contributed by atoms with van der Waals surface area (Å²) < 4.78 is 0. The normalized spacial score (nSPS) is 14.1. The van der Waals surface area contributed by atoms with Gasteiger partial charge in [-0.3, -0.25) is 9.78 Å². The van der Waals surface area contributed by atoms with Gasteiger partial charge in [-0.1, -0.05) is 54.6 Å². The van der Waals surface area contributed by atoms with Gasteiger partial charge in [-0.2, -0.15) is 0 Å². The highest BCUT2D eigenvalue weighted by Crippen LogP contribution is 2.37. The molecule has 3 aromatic carbocycles. The number of pyridine rings is 1. The fourth-order valence-electron chi connectivity index (χ4n) is 5.37. The number of hydrogen-bond donors (Lipinski definition) is 3. The Kier molecular flexibility index (Phi) is 7.60. The summed E-state index contributed by atoms with van der Waals surface area (Å²) in [4.78, 5) is 55.8. The molecule has 1 aliphatic carbocycles. The number of fused-ring (bicyclic) bond motifs is 1. The molecule has 3 N–H and O–H groups in total.